The number of carbonyl (C=O) groups excluding carboxylic acids is 1. The zero-order valence-corrected chi connectivity index (χ0v) is 18.6. The number of aliphatic hydroxyl groups excluding tert-OH is 1. The van der Waals surface area contributed by atoms with Gasteiger partial charge >= 0.3 is 6.61 Å². The van der Waals surface area contributed by atoms with E-state index >= 15 is 0 Å². The maximum absolute atomic E-state index is 13.1. The van der Waals surface area contributed by atoms with Crippen LogP contribution >= 0.6 is 0 Å². The number of benzene rings is 2. The summed E-state index contributed by atoms with van der Waals surface area (Å²) in [5, 5.41) is 14.2. The van der Waals surface area contributed by atoms with Crippen LogP contribution in [0.3, 0.4) is 0 Å². The molecular weight excluding hydrogens is 428 g/mol. The Morgan fingerprint density at radius 1 is 1.06 bits per heavy atom. The van der Waals surface area contributed by atoms with Crippen molar-refractivity contribution in [3.8, 4) is 5.75 Å². The number of likely N-dealkylation sites (tertiary alicyclic amines) is 1. The molecule has 2 heterocycles. The second kappa shape index (κ2) is 10.9. The summed E-state index contributed by atoms with van der Waals surface area (Å²) >= 11 is 0. The molecule has 178 valence electrons. The summed E-state index contributed by atoms with van der Waals surface area (Å²) in [5.41, 5.74) is 1.66. The van der Waals surface area contributed by atoms with Crippen LogP contribution in [0.4, 0.5) is 14.5 Å². The molecule has 3 atom stereocenters. The number of hydrogen-bond donors (Lipinski definition) is 2. The lowest BCUT2D eigenvalue weighted by Crippen LogP contribution is -2.48. The van der Waals surface area contributed by atoms with Crippen molar-refractivity contribution in [2.45, 2.75) is 38.0 Å². The van der Waals surface area contributed by atoms with Crippen molar-refractivity contribution in [3.05, 3.63) is 60.2 Å². The van der Waals surface area contributed by atoms with Crippen molar-refractivity contribution in [3.63, 3.8) is 0 Å². The Labute approximate surface area is 193 Å². The molecule has 2 saturated heterocycles. The smallest absolute Gasteiger partial charge is 0.387 e. The van der Waals surface area contributed by atoms with Gasteiger partial charge in [-0.2, -0.15) is 8.78 Å². The summed E-state index contributed by atoms with van der Waals surface area (Å²) in [5.74, 6) is -0.178. The molecule has 8 heteroatoms. The highest BCUT2D eigenvalue weighted by molar-refractivity contribution is 5.80. The molecule has 2 aliphatic heterocycles. The molecule has 0 radical (unpaired) electrons. The number of para-hydroxylation sites is 1. The molecule has 1 unspecified atom stereocenters. The van der Waals surface area contributed by atoms with Gasteiger partial charge in [-0.25, -0.2) is 0 Å². The fourth-order valence-corrected chi connectivity index (χ4v) is 4.69. The van der Waals surface area contributed by atoms with Crippen molar-refractivity contribution < 1.29 is 23.4 Å². The molecular formula is C25H31F2N3O3. The highest BCUT2D eigenvalue weighted by atomic mass is 19.3. The minimum atomic E-state index is -2.90. The minimum Gasteiger partial charge on any atom is -0.435 e. The minimum absolute atomic E-state index is 0.0352. The predicted octanol–water partition coefficient (Wildman–Crippen LogP) is 3.43. The van der Waals surface area contributed by atoms with Crippen LogP contribution < -0.4 is 15.0 Å². The molecule has 0 bridgehead atoms. The van der Waals surface area contributed by atoms with Gasteiger partial charge in [-0.3, -0.25) is 4.79 Å². The highest BCUT2D eigenvalue weighted by Crippen LogP contribution is 2.26. The number of carbonyl (C=O) groups is 1. The number of hydrogen-bond acceptors (Lipinski definition) is 5. The Morgan fingerprint density at radius 3 is 2.42 bits per heavy atom. The first-order chi connectivity index (χ1) is 16.0. The fraction of sp³-hybridized carbons (Fsp3) is 0.480. The molecule has 2 aromatic rings. The van der Waals surface area contributed by atoms with Crippen LogP contribution in [0.5, 0.6) is 5.75 Å². The van der Waals surface area contributed by atoms with Gasteiger partial charge in [0.05, 0.1) is 12.0 Å². The fourth-order valence-electron chi connectivity index (χ4n) is 4.69. The third-order valence-corrected chi connectivity index (χ3v) is 6.49. The number of halogens is 2. The topological polar surface area (TPSA) is 65.0 Å². The van der Waals surface area contributed by atoms with E-state index in [0.29, 0.717) is 18.7 Å². The van der Waals surface area contributed by atoms with Gasteiger partial charge in [0.15, 0.2) is 0 Å². The quantitative estimate of drug-likeness (QED) is 0.602. The lowest BCUT2D eigenvalue weighted by atomic mass is 10.00. The molecule has 4 rings (SSSR count). The molecule has 1 amide bonds. The van der Waals surface area contributed by atoms with Crippen LogP contribution in [0.25, 0.3) is 0 Å². The normalized spacial score (nSPS) is 20.7. The lowest BCUT2D eigenvalue weighted by Gasteiger charge is -2.30. The van der Waals surface area contributed by atoms with Crippen LogP contribution in [0, 0.1) is 5.92 Å². The summed E-state index contributed by atoms with van der Waals surface area (Å²) in [6.45, 7) is 0.966. The maximum atomic E-state index is 13.1. The van der Waals surface area contributed by atoms with E-state index in [9.17, 15) is 18.7 Å². The van der Waals surface area contributed by atoms with E-state index in [1.807, 2.05) is 30.3 Å². The Morgan fingerprint density at radius 2 is 1.76 bits per heavy atom. The predicted molar refractivity (Wildman–Crippen MR) is 122 cm³/mol. The number of nitrogens with one attached hydrogen (secondary N) is 1. The average Bonchev–Trinajstić information content (AvgIpc) is 3.51. The first-order valence-corrected chi connectivity index (χ1v) is 11.5. The van der Waals surface area contributed by atoms with E-state index in [-0.39, 0.29) is 17.6 Å². The summed E-state index contributed by atoms with van der Waals surface area (Å²) < 4.78 is 29.3. The molecule has 0 aromatic heterocycles. The van der Waals surface area contributed by atoms with Gasteiger partial charge in [0, 0.05) is 25.3 Å². The molecule has 33 heavy (non-hydrogen) atoms. The number of rotatable bonds is 9. The Kier molecular flexibility index (Phi) is 7.77. The number of anilines is 1. The van der Waals surface area contributed by atoms with Crippen LogP contribution in [0.15, 0.2) is 54.6 Å². The van der Waals surface area contributed by atoms with Crippen molar-refractivity contribution in [2.75, 3.05) is 37.6 Å². The molecule has 2 aromatic carbocycles. The summed E-state index contributed by atoms with van der Waals surface area (Å²) in [6, 6.07) is 15.5. The standard InChI is InChI=1S/C25H31F2N3O3/c26-25(27)33-21-10-8-18(9-11-21)23(31)22(17-29-13-4-5-14-29)28-24(32)19-12-15-30(16-19)20-6-2-1-3-7-20/h1-3,6-11,19,22-23,25,31H,4-5,12-17H2,(H,28,32)/t19?,22-,23-/m1/s1. The number of amides is 1. The molecule has 0 saturated carbocycles. The van der Waals surface area contributed by atoms with Gasteiger partial charge in [-0.1, -0.05) is 30.3 Å². The van der Waals surface area contributed by atoms with Gasteiger partial charge in [0.2, 0.25) is 5.91 Å². The van der Waals surface area contributed by atoms with Crippen LogP contribution in [-0.4, -0.2) is 61.3 Å². The average molecular weight is 460 g/mol. The second-order valence-corrected chi connectivity index (χ2v) is 8.78. The van der Waals surface area contributed by atoms with E-state index in [4.69, 9.17) is 0 Å². The van der Waals surface area contributed by atoms with Crippen LogP contribution in [-0.2, 0) is 4.79 Å². The van der Waals surface area contributed by atoms with E-state index in [2.05, 4.69) is 19.9 Å². The van der Waals surface area contributed by atoms with Gasteiger partial charge < -0.3 is 25.0 Å². The monoisotopic (exact) mass is 459 g/mol. The molecule has 2 fully saturated rings. The van der Waals surface area contributed by atoms with Gasteiger partial charge in [-0.15, -0.1) is 0 Å². The van der Waals surface area contributed by atoms with Crippen molar-refractivity contribution in [1.82, 2.24) is 10.2 Å². The lowest BCUT2D eigenvalue weighted by molar-refractivity contribution is -0.126. The third-order valence-electron chi connectivity index (χ3n) is 6.49. The molecule has 2 N–H and O–H groups in total. The Balaban J connectivity index is 1.42. The van der Waals surface area contributed by atoms with E-state index in [0.717, 1.165) is 44.6 Å². The molecule has 2 aliphatic rings. The van der Waals surface area contributed by atoms with Gasteiger partial charge in [0.25, 0.3) is 0 Å². The van der Waals surface area contributed by atoms with Crippen molar-refractivity contribution >= 4 is 11.6 Å². The van der Waals surface area contributed by atoms with E-state index < -0.39 is 18.8 Å². The zero-order valence-electron chi connectivity index (χ0n) is 18.6. The van der Waals surface area contributed by atoms with E-state index in [1.54, 1.807) is 12.1 Å². The maximum Gasteiger partial charge on any atom is 0.387 e. The van der Waals surface area contributed by atoms with Crippen molar-refractivity contribution in [2.24, 2.45) is 5.92 Å². The van der Waals surface area contributed by atoms with E-state index in [1.165, 1.54) is 12.1 Å². The van der Waals surface area contributed by atoms with Crippen molar-refractivity contribution in [1.29, 1.82) is 0 Å². The Bertz CT molecular complexity index is 892. The number of ether oxygens (including phenoxy) is 1. The summed E-state index contributed by atoms with van der Waals surface area (Å²) in [6.07, 6.45) is 2.00. The Hall–Kier alpha value is -2.71. The first-order valence-electron chi connectivity index (χ1n) is 11.5. The van der Waals surface area contributed by atoms with Gasteiger partial charge in [0.1, 0.15) is 11.9 Å². The summed E-state index contributed by atoms with van der Waals surface area (Å²) in [7, 11) is 0. The highest BCUT2D eigenvalue weighted by Gasteiger charge is 2.32. The molecule has 0 aliphatic carbocycles. The number of alkyl halides is 2. The summed E-state index contributed by atoms with van der Waals surface area (Å²) in [4.78, 5) is 17.6. The van der Waals surface area contributed by atoms with Crippen LogP contribution in [0.2, 0.25) is 0 Å². The first kappa shape index (κ1) is 23.4. The number of nitrogens with zero attached hydrogens (tertiary/aromatic N) is 2. The molecule has 6 nitrogen and oxygen atoms in total. The molecule has 0 spiro atoms. The van der Waals surface area contributed by atoms with Crippen LogP contribution in [0.1, 0.15) is 30.9 Å². The SMILES string of the molecule is O=C(N[C@H](CN1CCCC1)[C@H](O)c1ccc(OC(F)F)cc1)C1CCN(c2ccccc2)C1. The third kappa shape index (κ3) is 6.21. The number of aliphatic hydroxyl groups is 1. The zero-order chi connectivity index (χ0) is 23.2. The van der Waals surface area contributed by atoms with Gasteiger partial charge in [-0.05, 0) is 62.2 Å². The second-order valence-electron chi connectivity index (χ2n) is 8.78. The largest absolute Gasteiger partial charge is 0.435 e.